The zero-order valence-electron chi connectivity index (χ0n) is 17.4. The summed E-state index contributed by atoms with van der Waals surface area (Å²) in [7, 11) is 0. The first-order valence-electron chi connectivity index (χ1n) is 10.3. The van der Waals surface area contributed by atoms with Crippen molar-refractivity contribution in [2.45, 2.75) is 24.7 Å². The summed E-state index contributed by atoms with van der Waals surface area (Å²) in [5.41, 5.74) is 1.10. The van der Waals surface area contributed by atoms with Crippen LogP contribution in [0.15, 0.2) is 53.4 Å². The van der Waals surface area contributed by atoms with Gasteiger partial charge in [0.25, 0.3) is 11.8 Å². The zero-order chi connectivity index (χ0) is 22.2. The van der Waals surface area contributed by atoms with Crippen molar-refractivity contribution >= 4 is 30.6 Å². The molecule has 1 fully saturated rings. The number of nitrogens with one attached hydrogen (secondary N) is 1. The summed E-state index contributed by atoms with van der Waals surface area (Å²) in [6, 6.07) is 13.6. The second-order valence-corrected chi connectivity index (χ2v) is 7.75. The van der Waals surface area contributed by atoms with Gasteiger partial charge in [0, 0.05) is 30.1 Å². The predicted octanol–water partition coefficient (Wildman–Crippen LogP) is 3.79. The first-order chi connectivity index (χ1) is 15.0. The molecule has 1 N–H and O–H groups in total. The lowest BCUT2D eigenvalue weighted by Gasteiger charge is -2.32. The molecule has 0 unspecified atom stereocenters. The van der Waals surface area contributed by atoms with Gasteiger partial charge in [-0.05, 0) is 62.1 Å². The number of amides is 2. The number of carbonyl (C=O) groups is 3. The fraction of sp³-hybridized carbons (Fsp3) is 0.348. The quantitative estimate of drug-likeness (QED) is 0.404. The second-order valence-electron chi connectivity index (χ2n) is 7.27. The molecular formula is C23H26N2O5S. The summed E-state index contributed by atoms with van der Waals surface area (Å²) >= 11 is 4.32. The molecule has 0 spiro atoms. The van der Waals surface area contributed by atoms with Crippen LogP contribution in [0.25, 0.3) is 0 Å². The molecular weight excluding hydrogens is 416 g/mol. The summed E-state index contributed by atoms with van der Waals surface area (Å²) in [6.45, 7) is 3.76. The van der Waals surface area contributed by atoms with Crippen LogP contribution in [0, 0.1) is 5.92 Å². The molecule has 8 heteroatoms. The van der Waals surface area contributed by atoms with Gasteiger partial charge in [-0.2, -0.15) is 0 Å². The Hall–Kier alpha value is -3.00. The van der Waals surface area contributed by atoms with Gasteiger partial charge in [0.2, 0.25) is 0 Å². The van der Waals surface area contributed by atoms with E-state index in [1.54, 1.807) is 43.3 Å². The van der Waals surface area contributed by atoms with Crippen molar-refractivity contribution < 1.29 is 23.9 Å². The highest BCUT2D eigenvalue weighted by Crippen LogP contribution is 2.21. The Morgan fingerprint density at radius 3 is 2.39 bits per heavy atom. The number of thiol groups is 1. The van der Waals surface area contributed by atoms with E-state index in [2.05, 4.69) is 17.9 Å². The second kappa shape index (κ2) is 10.9. The van der Waals surface area contributed by atoms with Gasteiger partial charge in [0.05, 0.1) is 12.2 Å². The predicted molar refractivity (Wildman–Crippen MR) is 119 cm³/mol. The van der Waals surface area contributed by atoms with Gasteiger partial charge < -0.3 is 19.7 Å². The van der Waals surface area contributed by atoms with Crippen LogP contribution in [0.5, 0.6) is 5.75 Å². The molecule has 1 saturated heterocycles. The van der Waals surface area contributed by atoms with Crippen molar-refractivity contribution in [3.63, 3.8) is 0 Å². The maximum atomic E-state index is 12.7. The number of ether oxygens (including phenoxy) is 2. The third-order valence-electron chi connectivity index (χ3n) is 5.17. The Bertz CT molecular complexity index is 924. The van der Waals surface area contributed by atoms with E-state index >= 15 is 0 Å². The van der Waals surface area contributed by atoms with Gasteiger partial charge in [-0.15, -0.1) is 12.6 Å². The molecule has 2 aromatic rings. The Morgan fingerprint density at radius 2 is 1.74 bits per heavy atom. The highest BCUT2D eigenvalue weighted by atomic mass is 32.1. The standard InChI is InChI=1S/C23H26N2O5S/c1-2-29-23(28)30-18-9-7-17(8-10-18)22(27)25-13-11-16(12-14-25)15-24-21(26)19-5-3-4-6-20(19)31/h3-10,16,31H,2,11-15H2,1H3,(H,24,26). The van der Waals surface area contributed by atoms with E-state index in [9.17, 15) is 14.4 Å². The molecule has 2 amide bonds. The monoisotopic (exact) mass is 442 g/mol. The Morgan fingerprint density at radius 1 is 1.06 bits per heavy atom. The first-order valence-corrected chi connectivity index (χ1v) is 10.7. The smallest absolute Gasteiger partial charge is 0.434 e. The molecule has 7 nitrogen and oxygen atoms in total. The van der Waals surface area contributed by atoms with Crippen LogP contribution >= 0.6 is 12.6 Å². The fourth-order valence-electron chi connectivity index (χ4n) is 3.43. The van der Waals surface area contributed by atoms with E-state index in [1.807, 2.05) is 17.0 Å². The minimum absolute atomic E-state index is 0.0610. The van der Waals surface area contributed by atoms with Gasteiger partial charge >= 0.3 is 6.16 Å². The summed E-state index contributed by atoms with van der Waals surface area (Å²) in [4.78, 5) is 38.9. The van der Waals surface area contributed by atoms with Gasteiger partial charge in [-0.1, -0.05) is 12.1 Å². The Balaban J connectivity index is 1.46. The van der Waals surface area contributed by atoms with Gasteiger partial charge in [-0.3, -0.25) is 9.59 Å². The van der Waals surface area contributed by atoms with Crippen molar-refractivity contribution in [3.8, 4) is 5.75 Å². The summed E-state index contributed by atoms with van der Waals surface area (Å²) in [5, 5.41) is 2.97. The molecule has 0 aliphatic carbocycles. The molecule has 3 rings (SSSR count). The molecule has 0 bridgehead atoms. The fourth-order valence-corrected chi connectivity index (χ4v) is 3.69. The molecule has 0 atom stereocenters. The highest BCUT2D eigenvalue weighted by molar-refractivity contribution is 7.80. The molecule has 1 aliphatic rings. The maximum Gasteiger partial charge on any atom is 0.513 e. The number of hydrogen-bond donors (Lipinski definition) is 2. The average molecular weight is 443 g/mol. The van der Waals surface area contributed by atoms with Crippen LogP contribution < -0.4 is 10.1 Å². The van der Waals surface area contributed by atoms with E-state index in [4.69, 9.17) is 9.47 Å². The lowest BCUT2D eigenvalue weighted by Crippen LogP contribution is -2.41. The number of rotatable bonds is 6. The van der Waals surface area contributed by atoms with Crippen molar-refractivity contribution in [3.05, 3.63) is 59.7 Å². The molecule has 0 radical (unpaired) electrons. The van der Waals surface area contributed by atoms with Crippen LogP contribution in [-0.2, 0) is 4.74 Å². The Labute approximate surface area is 187 Å². The van der Waals surface area contributed by atoms with Crippen LogP contribution in [0.2, 0.25) is 0 Å². The van der Waals surface area contributed by atoms with Gasteiger partial charge in [-0.25, -0.2) is 4.79 Å². The summed E-state index contributed by atoms with van der Waals surface area (Å²) in [6.07, 6.45) is 0.866. The third-order valence-corrected chi connectivity index (χ3v) is 5.56. The number of piperidine rings is 1. The van der Waals surface area contributed by atoms with E-state index in [-0.39, 0.29) is 18.4 Å². The first kappa shape index (κ1) is 22.7. The third kappa shape index (κ3) is 6.24. The lowest BCUT2D eigenvalue weighted by atomic mass is 9.96. The molecule has 1 aliphatic heterocycles. The number of carbonyl (C=O) groups excluding carboxylic acids is 3. The number of nitrogens with zero attached hydrogens (tertiary/aromatic N) is 1. The number of benzene rings is 2. The van der Waals surface area contributed by atoms with Crippen LogP contribution in [0.3, 0.4) is 0 Å². The highest BCUT2D eigenvalue weighted by Gasteiger charge is 2.24. The lowest BCUT2D eigenvalue weighted by molar-refractivity contribution is 0.0684. The van der Waals surface area contributed by atoms with Crippen molar-refractivity contribution in [2.75, 3.05) is 26.2 Å². The van der Waals surface area contributed by atoms with Crippen LogP contribution in [-0.4, -0.2) is 49.1 Å². The van der Waals surface area contributed by atoms with Crippen molar-refractivity contribution in [2.24, 2.45) is 5.92 Å². The average Bonchev–Trinajstić information content (AvgIpc) is 2.78. The van der Waals surface area contributed by atoms with Crippen LogP contribution in [0.1, 0.15) is 40.5 Å². The molecule has 164 valence electrons. The largest absolute Gasteiger partial charge is 0.513 e. The SMILES string of the molecule is CCOC(=O)Oc1ccc(C(=O)N2CCC(CNC(=O)c3ccccc3S)CC2)cc1. The van der Waals surface area contributed by atoms with E-state index in [1.165, 1.54) is 0 Å². The van der Waals surface area contributed by atoms with E-state index in [0.717, 1.165) is 12.8 Å². The summed E-state index contributed by atoms with van der Waals surface area (Å²) in [5.74, 6) is 0.455. The molecule has 2 aromatic carbocycles. The van der Waals surface area contributed by atoms with Crippen molar-refractivity contribution in [1.29, 1.82) is 0 Å². The molecule has 0 saturated carbocycles. The normalized spacial score (nSPS) is 14.1. The maximum absolute atomic E-state index is 12.7. The van der Waals surface area contributed by atoms with Gasteiger partial charge in [0.15, 0.2) is 0 Å². The topological polar surface area (TPSA) is 84.9 Å². The Kier molecular flexibility index (Phi) is 7.94. The number of likely N-dealkylation sites (tertiary alicyclic amines) is 1. The van der Waals surface area contributed by atoms with Crippen LogP contribution in [0.4, 0.5) is 4.79 Å². The zero-order valence-corrected chi connectivity index (χ0v) is 18.3. The minimum Gasteiger partial charge on any atom is -0.434 e. The number of hydrogen-bond acceptors (Lipinski definition) is 6. The van der Waals surface area contributed by atoms with Crippen molar-refractivity contribution in [1.82, 2.24) is 10.2 Å². The molecule has 31 heavy (non-hydrogen) atoms. The molecule has 0 aromatic heterocycles. The molecule has 1 heterocycles. The van der Waals surface area contributed by atoms with E-state index in [0.29, 0.717) is 47.3 Å². The minimum atomic E-state index is -0.770. The van der Waals surface area contributed by atoms with Gasteiger partial charge in [0.1, 0.15) is 5.75 Å². The summed E-state index contributed by atoms with van der Waals surface area (Å²) < 4.78 is 9.74. The van der Waals surface area contributed by atoms with E-state index < -0.39 is 6.16 Å².